The molecule has 0 radical (unpaired) electrons. The molecule has 2 N–H and O–H groups in total. The van der Waals surface area contributed by atoms with Gasteiger partial charge in [-0.15, -0.1) is 12.2 Å². The van der Waals surface area contributed by atoms with Gasteiger partial charge in [0.1, 0.15) is 0 Å². The summed E-state index contributed by atoms with van der Waals surface area (Å²) in [5.41, 5.74) is 2.68. The first-order valence-electron chi connectivity index (χ1n) is 4.94. The van der Waals surface area contributed by atoms with Gasteiger partial charge in [0.2, 0.25) is 0 Å². The number of aliphatic carboxylic acids is 1. The zero-order chi connectivity index (χ0) is 12.2. The van der Waals surface area contributed by atoms with E-state index in [1.807, 2.05) is 0 Å². The number of aliphatic hydroxyl groups is 1. The van der Waals surface area contributed by atoms with Gasteiger partial charge in [0.05, 0.1) is 6.10 Å². The minimum atomic E-state index is -0.811. The van der Waals surface area contributed by atoms with Crippen molar-refractivity contribution >= 4 is 5.97 Å². The van der Waals surface area contributed by atoms with Gasteiger partial charge in [-0.05, 0) is 37.2 Å². The molecule has 1 atom stereocenters. The van der Waals surface area contributed by atoms with Crippen molar-refractivity contribution in [2.75, 3.05) is 0 Å². The number of carboxylic acids is 1. The summed E-state index contributed by atoms with van der Waals surface area (Å²) in [6.45, 7) is 0. The smallest absolute Gasteiger partial charge is 0.303 e. The summed E-state index contributed by atoms with van der Waals surface area (Å²) in [4.78, 5) is 10.2. The molecular weight excluding hydrogens is 204 g/mol. The third-order valence-electron chi connectivity index (χ3n) is 1.73. The summed E-state index contributed by atoms with van der Waals surface area (Å²) >= 11 is 0. The van der Waals surface area contributed by atoms with Crippen LogP contribution in [0.5, 0.6) is 0 Å². The number of hydrogen-bond donors (Lipinski definition) is 2. The lowest BCUT2D eigenvalue weighted by Gasteiger charge is -2.02. The molecule has 0 spiro atoms. The molecule has 0 fully saturated rings. The maximum Gasteiger partial charge on any atom is 0.303 e. The first-order valence-corrected chi connectivity index (χ1v) is 4.94. The van der Waals surface area contributed by atoms with Crippen LogP contribution in [0.1, 0.15) is 25.7 Å². The van der Waals surface area contributed by atoms with E-state index in [0.29, 0.717) is 19.3 Å². The van der Waals surface area contributed by atoms with Crippen molar-refractivity contribution in [3.05, 3.63) is 17.9 Å². The van der Waals surface area contributed by atoms with Gasteiger partial charge in [-0.1, -0.05) is 5.92 Å². The SMILES string of the molecule is C#CC#CC=C=CC(O)CCCCC(=O)O. The molecule has 0 heterocycles. The van der Waals surface area contributed by atoms with E-state index >= 15 is 0 Å². The zero-order valence-corrected chi connectivity index (χ0v) is 8.94. The summed E-state index contributed by atoms with van der Waals surface area (Å²) in [6, 6.07) is 0. The van der Waals surface area contributed by atoms with Gasteiger partial charge in [-0.2, -0.15) is 0 Å². The van der Waals surface area contributed by atoms with Crippen molar-refractivity contribution in [3.8, 4) is 24.2 Å². The largest absolute Gasteiger partial charge is 0.481 e. The quantitative estimate of drug-likeness (QED) is 0.402. The Morgan fingerprint density at radius 3 is 2.81 bits per heavy atom. The number of hydrogen-bond acceptors (Lipinski definition) is 2. The molecule has 0 aromatic rings. The zero-order valence-electron chi connectivity index (χ0n) is 8.94. The third-order valence-corrected chi connectivity index (χ3v) is 1.73. The molecule has 0 aromatic heterocycles. The van der Waals surface area contributed by atoms with E-state index in [1.54, 1.807) is 0 Å². The van der Waals surface area contributed by atoms with Crippen LogP contribution in [0.2, 0.25) is 0 Å². The van der Waals surface area contributed by atoms with E-state index in [-0.39, 0.29) is 6.42 Å². The predicted octanol–water partition coefficient (Wildman–Crippen LogP) is 1.34. The second-order valence-corrected chi connectivity index (χ2v) is 3.10. The summed E-state index contributed by atoms with van der Waals surface area (Å²) in [6.07, 6.45) is 9.09. The molecule has 3 heteroatoms. The third kappa shape index (κ3) is 10.2. The highest BCUT2D eigenvalue weighted by Crippen LogP contribution is 2.04. The molecule has 0 amide bonds. The number of aliphatic hydroxyl groups excluding tert-OH is 1. The topological polar surface area (TPSA) is 57.5 Å². The monoisotopic (exact) mass is 218 g/mol. The number of rotatable bonds is 6. The lowest BCUT2D eigenvalue weighted by atomic mass is 10.1. The molecule has 0 saturated carbocycles. The average molecular weight is 218 g/mol. The fourth-order valence-corrected chi connectivity index (χ4v) is 0.992. The first-order chi connectivity index (χ1) is 7.66. The van der Waals surface area contributed by atoms with Gasteiger partial charge in [0.25, 0.3) is 0 Å². The van der Waals surface area contributed by atoms with Gasteiger partial charge in [0, 0.05) is 12.5 Å². The molecule has 0 aliphatic carbocycles. The second-order valence-electron chi connectivity index (χ2n) is 3.10. The van der Waals surface area contributed by atoms with Crippen LogP contribution in [0, 0.1) is 24.2 Å². The highest BCUT2D eigenvalue weighted by Gasteiger charge is 2.00. The van der Waals surface area contributed by atoms with E-state index in [1.165, 1.54) is 12.2 Å². The molecule has 0 saturated heterocycles. The van der Waals surface area contributed by atoms with Crippen molar-refractivity contribution in [1.82, 2.24) is 0 Å². The van der Waals surface area contributed by atoms with Gasteiger partial charge < -0.3 is 10.2 Å². The maximum atomic E-state index is 10.2. The Kier molecular flexibility index (Phi) is 8.46. The Morgan fingerprint density at radius 2 is 2.19 bits per heavy atom. The normalized spacial score (nSPS) is 10.0. The summed E-state index contributed by atoms with van der Waals surface area (Å²) < 4.78 is 0. The van der Waals surface area contributed by atoms with E-state index in [0.717, 1.165) is 0 Å². The molecule has 84 valence electrons. The first kappa shape index (κ1) is 14.1. The summed E-state index contributed by atoms with van der Waals surface area (Å²) in [5, 5.41) is 17.8. The molecular formula is C13H14O3. The molecule has 16 heavy (non-hydrogen) atoms. The Balaban J connectivity index is 3.74. The predicted molar refractivity (Wildman–Crippen MR) is 61.4 cm³/mol. The Hall–Kier alpha value is -1.93. The number of unbranched alkanes of at least 4 members (excludes halogenated alkanes) is 1. The second kappa shape index (κ2) is 9.62. The van der Waals surface area contributed by atoms with Crippen LogP contribution in [0.4, 0.5) is 0 Å². The molecule has 3 nitrogen and oxygen atoms in total. The average Bonchev–Trinajstić information content (AvgIpc) is 2.24. The Bertz CT molecular complexity index is 370. The van der Waals surface area contributed by atoms with Crippen LogP contribution in [0.25, 0.3) is 0 Å². The molecule has 0 aliphatic heterocycles. The van der Waals surface area contributed by atoms with Gasteiger partial charge in [-0.3, -0.25) is 4.79 Å². The fraction of sp³-hybridized carbons (Fsp3) is 0.385. The molecule has 0 bridgehead atoms. The van der Waals surface area contributed by atoms with E-state index in [9.17, 15) is 9.90 Å². The fourth-order valence-electron chi connectivity index (χ4n) is 0.992. The van der Waals surface area contributed by atoms with Crippen LogP contribution in [-0.2, 0) is 4.79 Å². The van der Waals surface area contributed by atoms with E-state index in [4.69, 9.17) is 11.5 Å². The minimum absolute atomic E-state index is 0.139. The van der Waals surface area contributed by atoms with Crippen LogP contribution < -0.4 is 0 Å². The minimum Gasteiger partial charge on any atom is -0.481 e. The Labute approximate surface area is 95.5 Å². The van der Waals surface area contributed by atoms with Crippen LogP contribution in [0.15, 0.2) is 17.9 Å². The van der Waals surface area contributed by atoms with Crippen LogP contribution in [0.3, 0.4) is 0 Å². The number of carboxylic acid groups (broad SMARTS) is 1. The van der Waals surface area contributed by atoms with Gasteiger partial charge >= 0.3 is 5.97 Å². The summed E-state index contributed by atoms with van der Waals surface area (Å²) in [7, 11) is 0. The Morgan fingerprint density at radius 1 is 1.44 bits per heavy atom. The van der Waals surface area contributed by atoms with Gasteiger partial charge in [-0.25, -0.2) is 0 Å². The lowest BCUT2D eigenvalue weighted by molar-refractivity contribution is -0.137. The molecule has 0 rings (SSSR count). The molecule has 1 unspecified atom stereocenters. The standard InChI is InChI=1S/C13H14O3/c1-2-3-4-5-6-9-12(14)10-7-8-11-13(15)16/h1,5,9,12,14H,7-8,10-11H2,(H,15,16). The van der Waals surface area contributed by atoms with Crippen molar-refractivity contribution < 1.29 is 15.0 Å². The maximum absolute atomic E-state index is 10.2. The van der Waals surface area contributed by atoms with Gasteiger partial charge in [0.15, 0.2) is 0 Å². The highest BCUT2D eigenvalue weighted by atomic mass is 16.4. The van der Waals surface area contributed by atoms with E-state index < -0.39 is 12.1 Å². The number of terminal acetylenes is 1. The van der Waals surface area contributed by atoms with Crippen molar-refractivity contribution in [2.45, 2.75) is 31.8 Å². The summed E-state index contributed by atoms with van der Waals surface area (Å²) in [5.74, 6) is 6.24. The van der Waals surface area contributed by atoms with Crippen LogP contribution >= 0.6 is 0 Å². The van der Waals surface area contributed by atoms with Crippen molar-refractivity contribution in [2.24, 2.45) is 0 Å². The number of carbonyl (C=O) groups is 1. The van der Waals surface area contributed by atoms with Crippen molar-refractivity contribution in [1.29, 1.82) is 0 Å². The molecule has 0 aromatic carbocycles. The van der Waals surface area contributed by atoms with Crippen molar-refractivity contribution in [3.63, 3.8) is 0 Å². The van der Waals surface area contributed by atoms with Crippen LogP contribution in [-0.4, -0.2) is 22.3 Å². The highest BCUT2D eigenvalue weighted by molar-refractivity contribution is 5.66. The van der Waals surface area contributed by atoms with E-state index in [2.05, 4.69) is 23.5 Å². The lowest BCUT2D eigenvalue weighted by Crippen LogP contribution is -2.02. The molecule has 0 aliphatic rings.